The second-order valence-electron chi connectivity index (χ2n) is 7.36. The molecule has 4 nitrogen and oxygen atoms in total. The molecule has 4 rings (SSSR count). The molecule has 142 valence electrons. The normalized spacial score (nSPS) is 17.9. The minimum Gasteiger partial charge on any atom is -0.369 e. The quantitative estimate of drug-likeness (QED) is 0.790. The SMILES string of the molecule is O=C1c2ccccc2CCN1CCCN1CCN(c2cccc(Cl)c2)CC1. The number of anilines is 1. The number of piperazine rings is 1. The fourth-order valence-electron chi connectivity index (χ4n) is 4.08. The highest BCUT2D eigenvalue weighted by molar-refractivity contribution is 6.30. The lowest BCUT2D eigenvalue weighted by molar-refractivity contribution is 0.0731. The predicted octanol–water partition coefficient (Wildman–Crippen LogP) is 3.55. The van der Waals surface area contributed by atoms with Crippen molar-refractivity contribution >= 4 is 23.2 Å². The third-order valence-electron chi connectivity index (χ3n) is 5.63. The summed E-state index contributed by atoms with van der Waals surface area (Å²) in [4.78, 5) is 19.5. The molecule has 2 aliphatic heterocycles. The molecule has 0 bridgehead atoms. The van der Waals surface area contributed by atoms with Gasteiger partial charge in [-0.05, 0) is 49.2 Å². The third kappa shape index (κ3) is 4.28. The molecule has 5 heteroatoms. The molecule has 0 spiro atoms. The van der Waals surface area contributed by atoms with E-state index in [0.717, 1.165) is 69.2 Å². The number of carbonyl (C=O) groups excluding carboxylic acids is 1. The van der Waals surface area contributed by atoms with Gasteiger partial charge in [-0.1, -0.05) is 35.9 Å². The van der Waals surface area contributed by atoms with Crippen molar-refractivity contribution in [2.24, 2.45) is 0 Å². The second kappa shape index (κ2) is 8.32. The van der Waals surface area contributed by atoms with Gasteiger partial charge in [-0.2, -0.15) is 0 Å². The van der Waals surface area contributed by atoms with Crippen LogP contribution in [0.2, 0.25) is 5.02 Å². The number of hydrogen-bond donors (Lipinski definition) is 0. The van der Waals surface area contributed by atoms with Gasteiger partial charge >= 0.3 is 0 Å². The highest BCUT2D eigenvalue weighted by Gasteiger charge is 2.24. The number of hydrogen-bond acceptors (Lipinski definition) is 3. The Balaban J connectivity index is 1.22. The van der Waals surface area contributed by atoms with E-state index in [9.17, 15) is 4.79 Å². The summed E-state index contributed by atoms with van der Waals surface area (Å²) in [7, 11) is 0. The van der Waals surface area contributed by atoms with Crippen molar-refractivity contribution in [3.8, 4) is 0 Å². The summed E-state index contributed by atoms with van der Waals surface area (Å²) in [5.41, 5.74) is 3.29. The fraction of sp³-hybridized carbons (Fsp3) is 0.409. The Morgan fingerprint density at radius 3 is 2.52 bits per heavy atom. The van der Waals surface area contributed by atoms with Gasteiger partial charge in [0.15, 0.2) is 0 Å². The molecule has 1 amide bonds. The maximum Gasteiger partial charge on any atom is 0.254 e. The van der Waals surface area contributed by atoms with Gasteiger partial charge in [0.2, 0.25) is 0 Å². The van der Waals surface area contributed by atoms with E-state index in [1.165, 1.54) is 11.3 Å². The Hall–Kier alpha value is -2.04. The molecule has 0 unspecified atom stereocenters. The molecule has 0 saturated carbocycles. The lowest BCUT2D eigenvalue weighted by Gasteiger charge is -2.36. The summed E-state index contributed by atoms with van der Waals surface area (Å²) in [5, 5.41) is 0.794. The Morgan fingerprint density at radius 1 is 0.889 bits per heavy atom. The standard InChI is InChI=1S/C22H26ClN3O/c23-19-6-3-7-20(17-19)25-15-13-24(14-16-25)10-4-11-26-12-9-18-5-1-2-8-21(18)22(26)27/h1-3,5-8,17H,4,9-16H2. The maximum atomic E-state index is 12.6. The first-order valence-electron chi connectivity index (χ1n) is 9.81. The number of carbonyl (C=O) groups is 1. The Bertz CT molecular complexity index is 802. The van der Waals surface area contributed by atoms with Gasteiger partial charge in [-0.3, -0.25) is 9.69 Å². The van der Waals surface area contributed by atoms with Crippen molar-refractivity contribution in [3.05, 3.63) is 64.7 Å². The minimum atomic E-state index is 0.197. The van der Waals surface area contributed by atoms with Crippen molar-refractivity contribution in [3.63, 3.8) is 0 Å². The summed E-state index contributed by atoms with van der Waals surface area (Å²) in [6.45, 7) is 6.91. The van der Waals surface area contributed by atoms with Crippen molar-refractivity contribution in [2.45, 2.75) is 12.8 Å². The Kier molecular flexibility index (Phi) is 5.65. The van der Waals surface area contributed by atoms with E-state index in [2.05, 4.69) is 21.9 Å². The van der Waals surface area contributed by atoms with E-state index in [4.69, 9.17) is 11.6 Å². The van der Waals surface area contributed by atoms with Crippen molar-refractivity contribution in [2.75, 3.05) is 50.7 Å². The largest absolute Gasteiger partial charge is 0.369 e. The van der Waals surface area contributed by atoms with Gasteiger partial charge in [0, 0.05) is 55.5 Å². The number of halogens is 1. The lowest BCUT2D eigenvalue weighted by atomic mass is 9.99. The van der Waals surface area contributed by atoms with Crippen LogP contribution in [0.5, 0.6) is 0 Å². The van der Waals surface area contributed by atoms with E-state index in [1.807, 2.05) is 41.3 Å². The number of benzene rings is 2. The topological polar surface area (TPSA) is 26.8 Å². The van der Waals surface area contributed by atoms with Crippen molar-refractivity contribution < 1.29 is 4.79 Å². The van der Waals surface area contributed by atoms with Crippen LogP contribution in [-0.4, -0.2) is 61.5 Å². The molecule has 0 aliphatic carbocycles. The van der Waals surface area contributed by atoms with Crippen LogP contribution in [0.15, 0.2) is 48.5 Å². The van der Waals surface area contributed by atoms with E-state index in [-0.39, 0.29) is 5.91 Å². The van der Waals surface area contributed by atoms with Crippen LogP contribution in [0.4, 0.5) is 5.69 Å². The first kappa shape index (κ1) is 18.3. The van der Waals surface area contributed by atoms with Crippen LogP contribution < -0.4 is 4.90 Å². The summed E-state index contributed by atoms with van der Waals surface area (Å²) < 4.78 is 0. The summed E-state index contributed by atoms with van der Waals surface area (Å²) in [6.07, 6.45) is 2.01. The van der Waals surface area contributed by atoms with Gasteiger partial charge in [0.25, 0.3) is 5.91 Å². The van der Waals surface area contributed by atoms with Crippen molar-refractivity contribution in [1.82, 2.24) is 9.80 Å². The average Bonchev–Trinajstić information content (AvgIpc) is 2.70. The Labute approximate surface area is 166 Å². The zero-order chi connectivity index (χ0) is 18.6. The first-order valence-corrected chi connectivity index (χ1v) is 10.2. The van der Waals surface area contributed by atoms with Crippen LogP contribution in [-0.2, 0) is 6.42 Å². The van der Waals surface area contributed by atoms with Crippen molar-refractivity contribution in [1.29, 1.82) is 0 Å². The predicted molar refractivity (Wildman–Crippen MR) is 111 cm³/mol. The second-order valence-corrected chi connectivity index (χ2v) is 7.80. The summed E-state index contributed by atoms with van der Waals surface area (Å²) in [6, 6.07) is 16.1. The number of amides is 1. The molecule has 1 saturated heterocycles. The third-order valence-corrected chi connectivity index (χ3v) is 5.87. The molecular weight excluding hydrogens is 358 g/mol. The minimum absolute atomic E-state index is 0.197. The molecular formula is C22H26ClN3O. The van der Waals surface area contributed by atoms with Gasteiger partial charge in [-0.25, -0.2) is 0 Å². The zero-order valence-electron chi connectivity index (χ0n) is 15.6. The smallest absolute Gasteiger partial charge is 0.254 e. The highest BCUT2D eigenvalue weighted by atomic mass is 35.5. The molecule has 0 aromatic heterocycles. The number of rotatable bonds is 5. The van der Waals surface area contributed by atoms with E-state index >= 15 is 0 Å². The average molecular weight is 384 g/mol. The molecule has 0 N–H and O–H groups in total. The Morgan fingerprint density at radius 2 is 1.70 bits per heavy atom. The number of nitrogens with zero attached hydrogens (tertiary/aromatic N) is 3. The molecule has 1 fully saturated rings. The molecule has 2 aromatic rings. The van der Waals surface area contributed by atoms with Gasteiger partial charge in [0.1, 0.15) is 0 Å². The van der Waals surface area contributed by atoms with E-state index < -0.39 is 0 Å². The van der Waals surface area contributed by atoms with Gasteiger partial charge in [0.05, 0.1) is 0 Å². The molecule has 2 aromatic carbocycles. The molecule has 2 aliphatic rings. The van der Waals surface area contributed by atoms with E-state index in [0.29, 0.717) is 0 Å². The van der Waals surface area contributed by atoms with Crippen LogP contribution in [0.25, 0.3) is 0 Å². The van der Waals surface area contributed by atoms with Crippen LogP contribution in [0.3, 0.4) is 0 Å². The van der Waals surface area contributed by atoms with E-state index in [1.54, 1.807) is 0 Å². The molecule has 0 atom stereocenters. The van der Waals surface area contributed by atoms with Crippen LogP contribution in [0, 0.1) is 0 Å². The molecule has 0 radical (unpaired) electrons. The van der Waals surface area contributed by atoms with Gasteiger partial charge in [-0.15, -0.1) is 0 Å². The number of fused-ring (bicyclic) bond motifs is 1. The first-order chi connectivity index (χ1) is 13.2. The molecule has 2 heterocycles. The summed E-state index contributed by atoms with van der Waals surface area (Å²) >= 11 is 6.11. The highest BCUT2D eigenvalue weighted by Crippen LogP contribution is 2.21. The van der Waals surface area contributed by atoms with Crippen LogP contribution >= 0.6 is 11.6 Å². The monoisotopic (exact) mass is 383 g/mol. The maximum absolute atomic E-state index is 12.6. The molecule has 27 heavy (non-hydrogen) atoms. The van der Waals surface area contributed by atoms with Crippen LogP contribution in [0.1, 0.15) is 22.3 Å². The lowest BCUT2D eigenvalue weighted by Crippen LogP contribution is -2.47. The fourth-order valence-corrected chi connectivity index (χ4v) is 4.26. The summed E-state index contributed by atoms with van der Waals surface area (Å²) in [5.74, 6) is 0.197. The zero-order valence-corrected chi connectivity index (χ0v) is 16.4. The van der Waals surface area contributed by atoms with Gasteiger partial charge < -0.3 is 9.80 Å².